The molecule has 0 unspecified atom stereocenters. The zero-order valence-corrected chi connectivity index (χ0v) is 10.3. The van der Waals surface area contributed by atoms with Crippen molar-refractivity contribution >= 4 is 16.6 Å². The molecule has 0 saturated heterocycles. The highest BCUT2D eigenvalue weighted by molar-refractivity contribution is 5.83. The normalized spacial score (nSPS) is 10.9. The highest BCUT2D eigenvalue weighted by Crippen LogP contribution is 2.19. The summed E-state index contributed by atoms with van der Waals surface area (Å²) >= 11 is 0. The van der Waals surface area contributed by atoms with Crippen LogP contribution in [0.4, 0.5) is 5.69 Å². The second-order valence-electron chi connectivity index (χ2n) is 4.63. The molecule has 0 atom stereocenters. The molecule has 2 aromatic heterocycles. The number of nitrogen functional groups attached to an aromatic ring is 1. The average Bonchev–Trinajstić information content (AvgIpc) is 2.72. The standard InChI is InChI=1S/C15H15N3/c1-11-6-12(9-17-8-11)10-18-5-4-13-7-14(16)2-3-15(13)18/h2-9H,10,16H2,1H3. The predicted octanol–water partition coefficient (Wildman–Crippen LogP) is 2.98. The molecule has 0 fully saturated rings. The first-order chi connectivity index (χ1) is 8.72. The molecule has 0 amide bonds. The van der Waals surface area contributed by atoms with Crippen LogP contribution in [0.1, 0.15) is 11.1 Å². The lowest BCUT2D eigenvalue weighted by atomic mass is 10.2. The van der Waals surface area contributed by atoms with Gasteiger partial charge in [-0.25, -0.2) is 0 Å². The fourth-order valence-electron chi connectivity index (χ4n) is 2.26. The summed E-state index contributed by atoms with van der Waals surface area (Å²) in [5, 5.41) is 1.18. The highest BCUT2D eigenvalue weighted by Gasteiger charge is 2.02. The Kier molecular flexibility index (Phi) is 2.52. The van der Waals surface area contributed by atoms with E-state index in [1.54, 1.807) is 0 Å². The molecule has 0 aliphatic heterocycles. The SMILES string of the molecule is Cc1cncc(Cn2ccc3cc(N)ccc32)c1. The number of nitrogens with two attached hydrogens (primary N) is 1. The summed E-state index contributed by atoms with van der Waals surface area (Å²) in [4.78, 5) is 4.23. The fourth-order valence-corrected chi connectivity index (χ4v) is 2.26. The Morgan fingerprint density at radius 2 is 2.06 bits per heavy atom. The molecule has 0 spiro atoms. The molecule has 3 nitrogen and oxygen atoms in total. The van der Waals surface area contributed by atoms with Gasteiger partial charge in [-0.3, -0.25) is 4.98 Å². The molecular weight excluding hydrogens is 222 g/mol. The second kappa shape index (κ2) is 4.18. The molecule has 18 heavy (non-hydrogen) atoms. The third-order valence-corrected chi connectivity index (χ3v) is 3.08. The number of benzene rings is 1. The molecule has 2 N–H and O–H groups in total. The van der Waals surface area contributed by atoms with Gasteiger partial charge in [-0.05, 0) is 42.3 Å². The number of pyridine rings is 1. The van der Waals surface area contributed by atoms with E-state index in [0.717, 1.165) is 12.2 Å². The molecule has 3 rings (SSSR count). The Labute approximate surface area is 106 Å². The van der Waals surface area contributed by atoms with Gasteiger partial charge in [0.1, 0.15) is 0 Å². The van der Waals surface area contributed by atoms with E-state index in [-0.39, 0.29) is 0 Å². The van der Waals surface area contributed by atoms with Crippen molar-refractivity contribution in [3.8, 4) is 0 Å². The predicted molar refractivity (Wildman–Crippen MR) is 74.4 cm³/mol. The van der Waals surface area contributed by atoms with Crippen molar-refractivity contribution in [3.05, 3.63) is 60.0 Å². The van der Waals surface area contributed by atoms with Crippen molar-refractivity contribution in [2.24, 2.45) is 0 Å². The maximum Gasteiger partial charge on any atom is 0.0491 e. The minimum atomic E-state index is 0.803. The van der Waals surface area contributed by atoms with Gasteiger partial charge in [-0.2, -0.15) is 0 Å². The van der Waals surface area contributed by atoms with Crippen LogP contribution in [0.15, 0.2) is 48.9 Å². The lowest BCUT2D eigenvalue weighted by Crippen LogP contribution is -1.98. The molecule has 2 heterocycles. The van der Waals surface area contributed by atoms with Crippen LogP contribution in [-0.2, 0) is 6.54 Å². The van der Waals surface area contributed by atoms with E-state index < -0.39 is 0 Å². The van der Waals surface area contributed by atoms with Gasteiger partial charge in [0.25, 0.3) is 0 Å². The third kappa shape index (κ3) is 1.95. The Bertz CT molecular complexity index is 698. The summed E-state index contributed by atoms with van der Waals surface area (Å²) in [5.74, 6) is 0. The zero-order chi connectivity index (χ0) is 12.5. The van der Waals surface area contributed by atoms with Gasteiger partial charge in [0.05, 0.1) is 0 Å². The Morgan fingerprint density at radius 1 is 1.17 bits per heavy atom. The van der Waals surface area contributed by atoms with Crippen molar-refractivity contribution in [2.45, 2.75) is 13.5 Å². The first-order valence-electron chi connectivity index (χ1n) is 5.97. The lowest BCUT2D eigenvalue weighted by molar-refractivity contribution is 0.830. The van der Waals surface area contributed by atoms with Crippen molar-refractivity contribution in [1.82, 2.24) is 9.55 Å². The van der Waals surface area contributed by atoms with E-state index in [1.807, 2.05) is 24.5 Å². The molecule has 3 heteroatoms. The first-order valence-corrected chi connectivity index (χ1v) is 5.97. The van der Waals surface area contributed by atoms with Crippen LogP contribution < -0.4 is 5.73 Å². The summed E-state index contributed by atoms with van der Waals surface area (Å²) in [6.45, 7) is 2.90. The number of hydrogen-bond acceptors (Lipinski definition) is 2. The Morgan fingerprint density at radius 3 is 2.89 bits per heavy atom. The monoisotopic (exact) mass is 237 g/mol. The van der Waals surface area contributed by atoms with Gasteiger partial charge in [-0.1, -0.05) is 6.07 Å². The van der Waals surface area contributed by atoms with E-state index >= 15 is 0 Å². The molecule has 0 radical (unpaired) electrons. The zero-order valence-electron chi connectivity index (χ0n) is 10.3. The summed E-state index contributed by atoms with van der Waals surface area (Å²) in [5.41, 5.74) is 10.2. The van der Waals surface area contributed by atoms with Crippen LogP contribution in [0, 0.1) is 6.92 Å². The van der Waals surface area contributed by atoms with E-state index in [4.69, 9.17) is 5.73 Å². The maximum atomic E-state index is 5.79. The van der Waals surface area contributed by atoms with Crippen molar-refractivity contribution in [2.75, 3.05) is 5.73 Å². The topological polar surface area (TPSA) is 43.8 Å². The summed E-state index contributed by atoms with van der Waals surface area (Å²) < 4.78 is 2.21. The van der Waals surface area contributed by atoms with Crippen LogP contribution in [0.3, 0.4) is 0 Å². The molecule has 3 aromatic rings. The Hall–Kier alpha value is -2.29. The van der Waals surface area contributed by atoms with Gasteiger partial charge < -0.3 is 10.3 Å². The molecule has 0 saturated carbocycles. The van der Waals surface area contributed by atoms with Gasteiger partial charge in [0.2, 0.25) is 0 Å². The summed E-state index contributed by atoms with van der Waals surface area (Å²) in [6.07, 6.45) is 5.88. The number of nitrogens with zero attached hydrogens (tertiary/aromatic N) is 2. The lowest BCUT2D eigenvalue weighted by Gasteiger charge is -2.06. The van der Waals surface area contributed by atoms with Gasteiger partial charge >= 0.3 is 0 Å². The largest absolute Gasteiger partial charge is 0.399 e. The number of rotatable bonds is 2. The van der Waals surface area contributed by atoms with Gasteiger partial charge in [0, 0.05) is 41.7 Å². The van der Waals surface area contributed by atoms with E-state index in [2.05, 4.69) is 40.9 Å². The molecule has 0 aliphatic carbocycles. The second-order valence-corrected chi connectivity index (χ2v) is 4.63. The molecule has 0 bridgehead atoms. The van der Waals surface area contributed by atoms with Crippen LogP contribution in [0.5, 0.6) is 0 Å². The fraction of sp³-hybridized carbons (Fsp3) is 0.133. The number of hydrogen-bond donors (Lipinski definition) is 1. The summed E-state index contributed by atoms with van der Waals surface area (Å²) in [6, 6.07) is 10.3. The highest BCUT2D eigenvalue weighted by atomic mass is 15.0. The van der Waals surface area contributed by atoms with E-state index in [1.165, 1.54) is 22.0 Å². The van der Waals surface area contributed by atoms with E-state index in [0.29, 0.717) is 0 Å². The third-order valence-electron chi connectivity index (χ3n) is 3.08. The van der Waals surface area contributed by atoms with Crippen LogP contribution in [0.25, 0.3) is 10.9 Å². The van der Waals surface area contributed by atoms with E-state index in [9.17, 15) is 0 Å². The minimum absolute atomic E-state index is 0.803. The minimum Gasteiger partial charge on any atom is -0.399 e. The maximum absolute atomic E-state index is 5.79. The quantitative estimate of drug-likeness (QED) is 0.696. The van der Waals surface area contributed by atoms with Crippen molar-refractivity contribution in [1.29, 1.82) is 0 Å². The van der Waals surface area contributed by atoms with Gasteiger partial charge in [0.15, 0.2) is 0 Å². The van der Waals surface area contributed by atoms with Crippen molar-refractivity contribution in [3.63, 3.8) is 0 Å². The molecule has 90 valence electrons. The molecular formula is C15H15N3. The number of anilines is 1. The summed E-state index contributed by atoms with van der Waals surface area (Å²) in [7, 11) is 0. The van der Waals surface area contributed by atoms with Gasteiger partial charge in [-0.15, -0.1) is 0 Å². The average molecular weight is 237 g/mol. The molecule has 0 aliphatic rings. The van der Waals surface area contributed by atoms with Crippen LogP contribution >= 0.6 is 0 Å². The number of fused-ring (bicyclic) bond motifs is 1. The smallest absolute Gasteiger partial charge is 0.0491 e. The van der Waals surface area contributed by atoms with Crippen LogP contribution in [0.2, 0.25) is 0 Å². The Balaban J connectivity index is 2.00. The first kappa shape index (κ1) is 10.8. The number of aryl methyl sites for hydroxylation is 1. The molecule has 1 aromatic carbocycles. The van der Waals surface area contributed by atoms with Crippen molar-refractivity contribution < 1.29 is 0 Å². The number of aromatic nitrogens is 2. The van der Waals surface area contributed by atoms with Crippen LogP contribution in [-0.4, -0.2) is 9.55 Å².